The standard InChI is InChI=1S/C35H37N7O/c43-35(26-11-8-18-36-20-26)39-32(19-27-22-38-31-15-7-5-13-29(27)31)34-41-40-33(42(34)23-24-9-2-1-3-10-24)17-16-25-21-37-30-14-6-4-12-28(25)30/h1-7,9-10,12-15,21-22,26,32,36-38H,8,11,16-20,23H2,(H,39,43)/t26-,32-/m1/s1. The van der Waals surface area contributed by atoms with Crippen molar-refractivity contribution in [3.8, 4) is 0 Å². The maximum absolute atomic E-state index is 13.6. The lowest BCUT2D eigenvalue weighted by molar-refractivity contribution is -0.126. The highest BCUT2D eigenvalue weighted by Gasteiger charge is 2.28. The number of hydrogen-bond acceptors (Lipinski definition) is 4. The Morgan fingerprint density at radius 1 is 0.860 bits per heavy atom. The van der Waals surface area contributed by atoms with Crippen LogP contribution in [0.4, 0.5) is 0 Å². The Kier molecular flexibility index (Phi) is 7.75. The van der Waals surface area contributed by atoms with Crippen molar-refractivity contribution in [2.45, 2.75) is 44.7 Å². The Bertz CT molecular complexity index is 1830. The number of aromatic amines is 2. The molecule has 4 heterocycles. The van der Waals surface area contributed by atoms with E-state index in [2.05, 4.69) is 104 Å². The summed E-state index contributed by atoms with van der Waals surface area (Å²) >= 11 is 0. The second kappa shape index (κ2) is 12.3. The van der Waals surface area contributed by atoms with Crippen molar-refractivity contribution in [3.05, 3.63) is 120 Å². The number of nitrogens with one attached hydrogen (secondary N) is 4. The molecule has 0 saturated carbocycles. The van der Waals surface area contributed by atoms with Crippen LogP contribution in [0.1, 0.15) is 47.2 Å². The number of aromatic nitrogens is 5. The van der Waals surface area contributed by atoms with E-state index in [-0.39, 0.29) is 17.9 Å². The molecule has 0 radical (unpaired) electrons. The maximum atomic E-state index is 13.6. The molecule has 1 amide bonds. The number of carbonyl (C=O) groups is 1. The number of H-pyrrole nitrogens is 2. The Labute approximate surface area is 250 Å². The fraction of sp³-hybridized carbons (Fsp3) is 0.286. The van der Waals surface area contributed by atoms with Crippen LogP contribution in [-0.4, -0.2) is 43.7 Å². The van der Waals surface area contributed by atoms with E-state index in [1.165, 1.54) is 16.5 Å². The predicted octanol–water partition coefficient (Wildman–Crippen LogP) is 5.47. The molecule has 218 valence electrons. The zero-order valence-corrected chi connectivity index (χ0v) is 24.2. The first-order valence-corrected chi connectivity index (χ1v) is 15.3. The van der Waals surface area contributed by atoms with E-state index in [1.54, 1.807) is 0 Å². The molecule has 0 bridgehead atoms. The minimum Gasteiger partial charge on any atom is -0.361 e. The minimum absolute atomic E-state index is 0.0499. The first-order chi connectivity index (χ1) is 21.2. The Morgan fingerprint density at radius 3 is 2.30 bits per heavy atom. The zero-order valence-electron chi connectivity index (χ0n) is 24.2. The second-order valence-electron chi connectivity index (χ2n) is 11.6. The third-order valence-corrected chi connectivity index (χ3v) is 8.73. The number of benzene rings is 3. The Hall–Kier alpha value is -4.69. The van der Waals surface area contributed by atoms with Gasteiger partial charge in [-0.2, -0.15) is 0 Å². The van der Waals surface area contributed by atoms with Gasteiger partial charge >= 0.3 is 0 Å². The lowest BCUT2D eigenvalue weighted by Crippen LogP contribution is -2.42. The van der Waals surface area contributed by atoms with Gasteiger partial charge in [-0.25, -0.2) is 0 Å². The highest BCUT2D eigenvalue weighted by Crippen LogP contribution is 2.27. The number of para-hydroxylation sites is 2. The molecule has 8 nitrogen and oxygen atoms in total. The van der Waals surface area contributed by atoms with Crippen molar-refractivity contribution in [1.82, 2.24) is 35.4 Å². The monoisotopic (exact) mass is 571 g/mol. The van der Waals surface area contributed by atoms with Gasteiger partial charge in [0.05, 0.1) is 18.5 Å². The number of amides is 1. The fourth-order valence-corrected chi connectivity index (χ4v) is 6.41. The van der Waals surface area contributed by atoms with Crippen molar-refractivity contribution < 1.29 is 4.79 Å². The summed E-state index contributed by atoms with van der Waals surface area (Å²) in [6.07, 6.45) is 8.25. The van der Waals surface area contributed by atoms with E-state index in [1.807, 2.05) is 12.1 Å². The third-order valence-electron chi connectivity index (χ3n) is 8.73. The van der Waals surface area contributed by atoms with Gasteiger partial charge in [0.1, 0.15) is 5.82 Å². The van der Waals surface area contributed by atoms with Crippen molar-refractivity contribution >= 4 is 27.7 Å². The lowest BCUT2D eigenvalue weighted by Gasteiger charge is -2.26. The van der Waals surface area contributed by atoms with Crippen LogP contribution >= 0.6 is 0 Å². The summed E-state index contributed by atoms with van der Waals surface area (Å²) in [5.74, 6) is 1.74. The van der Waals surface area contributed by atoms with Crippen LogP contribution in [0.25, 0.3) is 21.8 Å². The molecule has 1 aliphatic heterocycles. The number of nitrogens with zero attached hydrogens (tertiary/aromatic N) is 3. The van der Waals surface area contributed by atoms with Crippen molar-refractivity contribution in [3.63, 3.8) is 0 Å². The summed E-state index contributed by atoms with van der Waals surface area (Å²) in [6.45, 7) is 2.31. The van der Waals surface area contributed by atoms with E-state index in [4.69, 9.17) is 10.2 Å². The molecule has 0 aliphatic carbocycles. The van der Waals surface area contributed by atoms with Crippen LogP contribution in [0.3, 0.4) is 0 Å². The molecule has 6 aromatic rings. The molecule has 2 atom stereocenters. The molecular weight excluding hydrogens is 534 g/mol. The largest absolute Gasteiger partial charge is 0.361 e. The molecule has 1 fully saturated rings. The van der Waals surface area contributed by atoms with Crippen molar-refractivity contribution in [2.75, 3.05) is 13.1 Å². The molecule has 0 unspecified atom stereocenters. The summed E-state index contributed by atoms with van der Waals surface area (Å²) < 4.78 is 2.23. The molecule has 0 spiro atoms. The molecule has 1 saturated heterocycles. The highest BCUT2D eigenvalue weighted by molar-refractivity contribution is 5.84. The van der Waals surface area contributed by atoms with Crippen LogP contribution in [0.2, 0.25) is 0 Å². The molecule has 7 rings (SSSR count). The average molecular weight is 572 g/mol. The molecule has 3 aromatic carbocycles. The molecule has 43 heavy (non-hydrogen) atoms. The number of aryl methyl sites for hydroxylation is 2. The summed E-state index contributed by atoms with van der Waals surface area (Å²) in [6, 6.07) is 26.8. The van der Waals surface area contributed by atoms with Crippen LogP contribution in [0.5, 0.6) is 0 Å². The zero-order chi connectivity index (χ0) is 29.0. The van der Waals surface area contributed by atoms with Gasteiger partial charge in [-0.15, -0.1) is 10.2 Å². The van der Waals surface area contributed by atoms with E-state index in [0.29, 0.717) is 19.5 Å². The number of rotatable bonds is 10. The van der Waals surface area contributed by atoms with Gasteiger partial charge in [-0.1, -0.05) is 66.7 Å². The topological polar surface area (TPSA) is 103 Å². The first kappa shape index (κ1) is 27.2. The van der Waals surface area contributed by atoms with Gasteiger partial charge in [0.2, 0.25) is 5.91 Å². The van der Waals surface area contributed by atoms with Gasteiger partial charge in [0.15, 0.2) is 5.82 Å². The average Bonchev–Trinajstić information content (AvgIpc) is 3.78. The van der Waals surface area contributed by atoms with E-state index >= 15 is 0 Å². The Balaban J connectivity index is 1.24. The number of carbonyl (C=O) groups excluding carboxylic acids is 1. The maximum Gasteiger partial charge on any atom is 0.224 e. The van der Waals surface area contributed by atoms with Crippen LogP contribution < -0.4 is 10.6 Å². The van der Waals surface area contributed by atoms with E-state index < -0.39 is 0 Å². The lowest BCUT2D eigenvalue weighted by atomic mass is 9.97. The van der Waals surface area contributed by atoms with Gasteiger partial charge in [-0.3, -0.25) is 4.79 Å². The molecule has 1 aliphatic rings. The minimum atomic E-state index is -0.327. The molecule has 4 N–H and O–H groups in total. The van der Waals surface area contributed by atoms with Gasteiger partial charge in [0, 0.05) is 53.6 Å². The number of piperidine rings is 1. The molecule has 8 heteroatoms. The van der Waals surface area contributed by atoms with Gasteiger partial charge < -0.3 is 25.2 Å². The molecular formula is C35H37N7O. The smallest absolute Gasteiger partial charge is 0.224 e. The first-order valence-electron chi connectivity index (χ1n) is 15.3. The summed E-state index contributed by atoms with van der Waals surface area (Å²) in [7, 11) is 0. The van der Waals surface area contributed by atoms with E-state index in [9.17, 15) is 4.79 Å². The van der Waals surface area contributed by atoms with Crippen molar-refractivity contribution in [1.29, 1.82) is 0 Å². The summed E-state index contributed by atoms with van der Waals surface area (Å²) in [5, 5.41) is 18.8. The second-order valence-corrected chi connectivity index (χ2v) is 11.6. The quantitative estimate of drug-likeness (QED) is 0.175. The van der Waals surface area contributed by atoms with Crippen LogP contribution in [0, 0.1) is 5.92 Å². The van der Waals surface area contributed by atoms with Crippen LogP contribution in [0.15, 0.2) is 91.3 Å². The third kappa shape index (κ3) is 5.83. The fourth-order valence-electron chi connectivity index (χ4n) is 6.41. The summed E-state index contributed by atoms with van der Waals surface area (Å²) in [5.41, 5.74) is 5.81. The predicted molar refractivity (Wildman–Crippen MR) is 170 cm³/mol. The Morgan fingerprint density at radius 2 is 1.56 bits per heavy atom. The van der Waals surface area contributed by atoms with Crippen LogP contribution in [-0.2, 0) is 30.6 Å². The SMILES string of the molecule is O=C(N[C@H](Cc1c[nH]c2ccccc12)c1nnc(CCc2c[nH]c3ccccc23)n1Cc1ccccc1)[C@@H]1CCCNC1. The number of fused-ring (bicyclic) bond motifs is 2. The number of hydrogen-bond donors (Lipinski definition) is 4. The summed E-state index contributed by atoms with van der Waals surface area (Å²) in [4.78, 5) is 20.4. The van der Waals surface area contributed by atoms with Gasteiger partial charge in [-0.05, 0) is 54.6 Å². The van der Waals surface area contributed by atoms with Crippen molar-refractivity contribution in [2.24, 2.45) is 5.92 Å². The highest BCUT2D eigenvalue weighted by atomic mass is 16.2. The van der Waals surface area contributed by atoms with E-state index in [0.717, 1.165) is 65.9 Å². The van der Waals surface area contributed by atoms with Gasteiger partial charge in [0.25, 0.3) is 0 Å². The molecule has 3 aromatic heterocycles. The normalized spacial score (nSPS) is 16.0.